The number of terminal acetylenes is 1. The van der Waals surface area contributed by atoms with Crippen LogP contribution < -0.4 is 24.4 Å². The highest BCUT2D eigenvalue weighted by Crippen LogP contribution is 2.37. The van der Waals surface area contributed by atoms with E-state index in [2.05, 4.69) is 10.9 Å². The molecule has 2 aromatic carbocycles. The molecule has 3 aromatic rings. The first-order valence-electron chi connectivity index (χ1n) is 12.3. The van der Waals surface area contributed by atoms with Gasteiger partial charge in [0.2, 0.25) is 0 Å². The van der Waals surface area contributed by atoms with Crippen molar-refractivity contribution < 1.29 is 23.7 Å². The summed E-state index contributed by atoms with van der Waals surface area (Å²) >= 11 is 13.8. The number of carbonyl (C=O) groups is 1. The smallest absolute Gasteiger partial charge is 0.338 e. The van der Waals surface area contributed by atoms with Gasteiger partial charge >= 0.3 is 5.97 Å². The van der Waals surface area contributed by atoms with E-state index < -0.39 is 12.0 Å². The Labute approximate surface area is 245 Å². The van der Waals surface area contributed by atoms with Crippen molar-refractivity contribution in [2.24, 2.45) is 4.99 Å². The molecule has 0 N–H and O–H groups in total. The van der Waals surface area contributed by atoms with Crippen LogP contribution in [0.2, 0.25) is 10.0 Å². The molecule has 1 aliphatic rings. The van der Waals surface area contributed by atoms with Crippen LogP contribution in [0.3, 0.4) is 0 Å². The molecule has 4 rings (SSSR count). The molecule has 0 saturated heterocycles. The van der Waals surface area contributed by atoms with Gasteiger partial charge in [0, 0.05) is 12.1 Å². The van der Waals surface area contributed by atoms with E-state index in [-0.39, 0.29) is 36.0 Å². The van der Waals surface area contributed by atoms with Crippen LogP contribution in [-0.2, 0) is 14.3 Å². The minimum absolute atomic E-state index is 0.0258. The van der Waals surface area contributed by atoms with Gasteiger partial charge < -0.3 is 18.9 Å². The fraction of sp³-hybridized carbons (Fsp3) is 0.276. The van der Waals surface area contributed by atoms with Crippen molar-refractivity contribution in [3.63, 3.8) is 0 Å². The molecule has 1 atom stereocenters. The highest BCUT2D eigenvalue weighted by atomic mass is 35.5. The topological polar surface area (TPSA) is 88.4 Å². The van der Waals surface area contributed by atoms with Gasteiger partial charge in [-0.15, -0.1) is 6.42 Å². The first-order valence-corrected chi connectivity index (χ1v) is 13.8. The third-order valence-electron chi connectivity index (χ3n) is 5.88. The largest absolute Gasteiger partial charge is 0.490 e. The normalized spacial score (nSPS) is 14.8. The van der Waals surface area contributed by atoms with Gasteiger partial charge in [-0.05, 0) is 55.3 Å². The average molecular weight is 602 g/mol. The number of halogens is 2. The molecule has 208 valence electrons. The monoisotopic (exact) mass is 600 g/mol. The summed E-state index contributed by atoms with van der Waals surface area (Å²) in [6.45, 7) is 4.25. The van der Waals surface area contributed by atoms with E-state index in [1.807, 2.05) is 6.92 Å². The van der Waals surface area contributed by atoms with Crippen LogP contribution in [0.25, 0.3) is 6.08 Å². The van der Waals surface area contributed by atoms with Crippen molar-refractivity contribution in [1.29, 1.82) is 0 Å². The van der Waals surface area contributed by atoms with Gasteiger partial charge in [-0.3, -0.25) is 9.36 Å². The molecule has 40 heavy (non-hydrogen) atoms. The van der Waals surface area contributed by atoms with Crippen LogP contribution in [0.15, 0.2) is 57.5 Å². The Morgan fingerprint density at radius 1 is 1.20 bits per heavy atom. The van der Waals surface area contributed by atoms with Crippen LogP contribution in [0.1, 0.15) is 31.0 Å². The second kappa shape index (κ2) is 13.2. The second-order valence-corrected chi connectivity index (χ2v) is 10.4. The molecular formula is C29H26Cl2N2O6S. The lowest BCUT2D eigenvalue weighted by Crippen LogP contribution is -2.40. The van der Waals surface area contributed by atoms with E-state index in [0.29, 0.717) is 49.3 Å². The number of hydrogen-bond acceptors (Lipinski definition) is 8. The van der Waals surface area contributed by atoms with Crippen LogP contribution in [0, 0.1) is 12.3 Å². The van der Waals surface area contributed by atoms with Crippen LogP contribution in [-0.4, -0.2) is 44.1 Å². The maximum absolute atomic E-state index is 13.9. The van der Waals surface area contributed by atoms with Crippen molar-refractivity contribution in [2.45, 2.75) is 19.9 Å². The molecule has 0 spiro atoms. The summed E-state index contributed by atoms with van der Waals surface area (Å²) in [7, 11) is 1.52. The van der Waals surface area contributed by atoms with E-state index in [4.69, 9.17) is 48.6 Å². The molecule has 0 radical (unpaired) electrons. The Balaban J connectivity index is 1.86. The number of allylic oxidation sites excluding steroid dienone is 1. The van der Waals surface area contributed by atoms with Crippen molar-refractivity contribution >= 4 is 46.6 Å². The molecule has 0 amide bonds. The summed E-state index contributed by atoms with van der Waals surface area (Å²) < 4.78 is 23.6. The maximum Gasteiger partial charge on any atom is 0.338 e. The minimum Gasteiger partial charge on any atom is -0.490 e. The van der Waals surface area contributed by atoms with E-state index >= 15 is 0 Å². The fourth-order valence-corrected chi connectivity index (χ4v) is 5.62. The Kier molecular flexibility index (Phi) is 9.71. The van der Waals surface area contributed by atoms with Gasteiger partial charge in [-0.25, -0.2) is 9.79 Å². The highest BCUT2D eigenvalue weighted by Gasteiger charge is 2.33. The first kappa shape index (κ1) is 29.4. The number of ether oxygens (including phenoxy) is 4. The summed E-state index contributed by atoms with van der Waals surface area (Å²) in [6.07, 6.45) is 7.01. The molecule has 11 heteroatoms. The number of rotatable bonds is 10. The van der Waals surface area contributed by atoms with Crippen LogP contribution >= 0.6 is 34.5 Å². The Hall–Kier alpha value is -3.55. The number of aromatic nitrogens is 1. The van der Waals surface area contributed by atoms with Crippen molar-refractivity contribution in [2.75, 3.05) is 33.5 Å². The number of benzene rings is 2. The third-order valence-corrected chi connectivity index (χ3v) is 7.39. The number of hydrogen-bond donors (Lipinski definition) is 0. The zero-order valence-electron chi connectivity index (χ0n) is 22.0. The van der Waals surface area contributed by atoms with Crippen molar-refractivity contribution in [3.05, 3.63) is 88.5 Å². The predicted molar refractivity (Wildman–Crippen MR) is 155 cm³/mol. The quantitative estimate of drug-likeness (QED) is 0.197. The van der Waals surface area contributed by atoms with E-state index in [1.54, 1.807) is 49.4 Å². The predicted octanol–water partition coefficient (Wildman–Crippen LogP) is 4.14. The summed E-state index contributed by atoms with van der Waals surface area (Å²) in [5.74, 6) is 2.56. The molecule has 0 bridgehead atoms. The molecule has 8 nitrogen and oxygen atoms in total. The van der Waals surface area contributed by atoms with Gasteiger partial charge in [-0.1, -0.05) is 52.6 Å². The Morgan fingerprint density at radius 3 is 2.62 bits per heavy atom. The zero-order chi connectivity index (χ0) is 28.8. The molecule has 1 aromatic heterocycles. The number of thiazole rings is 1. The molecule has 0 saturated carbocycles. The zero-order valence-corrected chi connectivity index (χ0v) is 24.4. The standard InChI is InChI=1S/C29H26Cl2N2O6S/c1-5-11-38-26-21(31)14-18(15-22(26)37-6-2)16-23-27(34)33-25(19-7-9-20(30)10-8-19)24(17(3)32-29(33)40-23)28(35)39-13-12-36-4/h1,7-10,14-16,25H,6,11-13H2,2-4H3. The SMILES string of the molecule is C#CCOc1c(Cl)cc(C=c2sc3n(c2=O)C(c2ccc(Cl)cc2)C(C(=O)OCCOC)=C(C)N=3)cc1OCC. The van der Waals surface area contributed by atoms with Crippen molar-refractivity contribution in [1.82, 2.24) is 4.57 Å². The van der Waals surface area contributed by atoms with Gasteiger partial charge in [-0.2, -0.15) is 0 Å². The summed E-state index contributed by atoms with van der Waals surface area (Å²) in [5.41, 5.74) is 1.67. The Morgan fingerprint density at radius 2 is 1.95 bits per heavy atom. The third kappa shape index (κ3) is 6.26. The average Bonchev–Trinajstić information content (AvgIpc) is 3.22. The highest BCUT2D eigenvalue weighted by molar-refractivity contribution is 7.07. The van der Waals surface area contributed by atoms with E-state index in [0.717, 1.165) is 0 Å². The summed E-state index contributed by atoms with van der Waals surface area (Å²) in [5, 5.41) is 0.814. The lowest BCUT2D eigenvalue weighted by Gasteiger charge is -2.24. The number of esters is 1. The van der Waals surface area contributed by atoms with Crippen molar-refractivity contribution in [3.8, 4) is 23.8 Å². The molecule has 1 unspecified atom stereocenters. The number of nitrogens with zero attached hydrogens (tertiary/aromatic N) is 2. The lowest BCUT2D eigenvalue weighted by molar-refractivity contribution is -0.140. The molecular weight excluding hydrogens is 575 g/mol. The molecule has 1 aliphatic heterocycles. The Bertz CT molecular complexity index is 1670. The fourth-order valence-electron chi connectivity index (χ4n) is 4.18. The minimum atomic E-state index is -0.771. The molecule has 2 heterocycles. The van der Waals surface area contributed by atoms with E-state index in [9.17, 15) is 9.59 Å². The number of fused-ring (bicyclic) bond motifs is 1. The van der Waals surface area contributed by atoms with Crippen LogP contribution in [0.5, 0.6) is 11.5 Å². The van der Waals surface area contributed by atoms with E-state index in [1.165, 1.54) is 23.0 Å². The second-order valence-electron chi connectivity index (χ2n) is 8.52. The first-order chi connectivity index (χ1) is 19.3. The van der Waals surface area contributed by atoms with Crippen LogP contribution in [0.4, 0.5) is 0 Å². The molecule has 0 fully saturated rings. The van der Waals surface area contributed by atoms with Gasteiger partial charge in [0.15, 0.2) is 16.3 Å². The maximum atomic E-state index is 13.9. The van der Waals surface area contributed by atoms with Gasteiger partial charge in [0.25, 0.3) is 5.56 Å². The number of carbonyl (C=O) groups excluding carboxylic acids is 1. The lowest BCUT2D eigenvalue weighted by atomic mass is 9.96. The summed E-state index contributed by atoms with van der Waals surface area (Å²) in [4.78, 5) is 32.1. The van der Waals surface area contributed by atoms with Gasteiger partial charge in [0.1, 0.15) is 13.2 Å². The summed E-state index contributed by atoms with van der Waals surface area (Å²) in [6, 6.07) is 9.57. The molecule has 0 aliphatic carbocycles. The number of methoxy groups -OCH3 is 1. The van der Waals surface area contributed by atoms with Gasteiger partial charge in [0.05, 0.1) is 40.1 Å².